The molecule has 2 aliphatic heterocycles. The van der Waals surface area contributed by atoms with Gasteiger partial charge in [-0.2, -0.15) is 5.10 Å². The Morgan fingerprint density at radius 2 is 2.12 bits per heavy atom. The van der Waals surface area contributed by atoms with Gasteiger partial charge in [0, 0.05) is 24.0 Å². The second kappa shape index (κ2) is 6.69. The fraction of sp³-hybridized carbons (Fsp3) is 0.263. The summed E-state index contributed by atoms with van der Waals surface area (Å²) < 4.78 is 5.83. The normalized spacial score (nSPS) is 18.1. The Bertz CT molecular complexity index is 803. The largest absolute Gasteiger partial charge is 0.493 e. The summed E-state index contributed by atoms with van der Waals surface area (Å²) in [5.74, 6) is 1.76. The van der Waals surface area contributed by atoms with Gasteiger partial charge < -0.3 is 4.74 Å². The van der Waals surface area contributed by atoms with Gasteiger partial charge in [-0.1, -0.05) is 42.1 Å². The number of amidine groups is 1. The second-order valence-electron chi connectivity index (χ2n) is 5.86. The summed E-state index contributed by atoms with van der Waals surface area (Å²) in [6, 6.07) is 16.8. The summed E-state index contributed by atoms with van der Waals surface area (Å²) in [4.78, 5) is 4.78. The van der Waals surface area contributed by atoms with Crippen LogP contribution in [0.2, 0.25) is 0 Å². The van der Waals surface area contributed by atoms with E-state index in [0.717, 1.165) is 28.8 Å². The fourth-order valence-corrected chi connectivity index (χ4v) is 3.80. The van der Waals surface area contributed by atoms with Crippen LogP contribution in [0.1, 0.15) is 23.6 Å². The molecular formula is C19H19N3OS. The van der Waals surface area contributed by atoms with E-state index in [4.69, 9.17) is 9.73 Å². The highest BCUT2D eigenvalue weighted by molar-refractivity contribution is 8.13. The van der Waals surface area contributed by atoms with Crippen molar-refractivity contribution in [2.75, 3.05) is 12.4 Å². The molecule has 4 nitrogen and oxygen atoms in total. The predicted molar refractivity (Wildman–Crippen MR) is 100 cm³/mol. The maximum Gasteiger partial charge on any atom is 0.185 e. The molecule has 0 aliphatic carbocycles. The number of hydrazone groups is 1. The highest BCUT2D eigenvalue weighted by Crippen LogP contribution is 2.40. The van der Waals surface area contributed by atoms with E-state index in [0.29, 0.717) is 12.6 Å². The number of thioether (sulfide) groups is 1. The van der Waals surface area contributed by atoms with Crippen LogP contribution in [0.5, 0.6) is 5.75 Å². The zero-order valence-corrected chi connectivity index (χ0v) is 14.4. The Hall–Kier alpha value is -2.27. The molecule has 5 heteroatoms. The van der Waals surface area contributed by atoms with Crippen LogP contribution in [0.25, 0.3) is 0 Å². The molecule has 1 atom stereocenters. The first-order valence-electron chi connectivity index (χ1n) is 8.13. The number of hydrogen-bond acceptors (Lipinski definition) is 5. The third kappa shape index (κ3) is 3.04. The average molecular weight is 337 g/mol. The summed E-state index contributed by atoms with van der Waals surface area (Å²) >= 11 is 1.70. The van der Waals surface area contributed by atoms with Crippen LogP contribution in [0.15, 0.2) is 58.6 Å². The summed E-state index contributed by atoms with van der Waals surface area (Å²) in [6.07, 6.45) is 2.92. The molecule has 0 unspecified atom stereocenters. The molecule has 2 aliphatic rings. The van der Waals surface area contributed by atoms with E-state index < -0.39 is 0 Å². The van der Waals surface area contributed by atoms with Gasteiger partial charge in [-0.05, 0) is 30.7 Å². The number of rotatable bonds is 4. The number of para-hydroxylation sites is 1. The molecule has 0 fully saturated rings. The number of hydrogen-bond donors (Lipinski definition) is 0. The highest BCUT2D eigenvalue weighted by Gasteiger charge is 2.32. The van der Waals surface area contributed by atoms with E-state index in [1.54, 1.807) is 11.8 Å². The van der Waals surface area contributed by atoms with Crippen LogP contribution in [0, 0.1) is 6.92 Å². The summed E-state index contributed by atoms with van der Waals surface area (Å²) in [5.41, 5.74) is 3.53. The van der Waals surface area contributed by atoms with Crippen molar-refractivity contribution in [1.82, 2.24) is 5.01 Å². The number of aryl methyl sites for hydroxylation is 1. The van der Waals surface area contributed by atoms with Crippen molar-refractivity contribution >= 4 is 28.8 Å². The third-order valence-electron chi connectivity index (χ3n) is 4.11. The summed E-state index contributed by atoms with van der Waals surface area (Å²) in [5, 5.41) is 7.50. The topological polar surface area (TPSA) is 37.2 Å². The molecule has 0 amide bonds. The van der Waals surface area contributed by atoms with Gasteiger partial charge in [-0.15, -0.1) is 0 Å². The molecule has 122 valence electrons. The lowest BCUT2D eigenvalue weighted by Crippen LogP contribution is -2.28. The Morgan fingerprint density at radius 3 is 3.04 bits per heavy atom. The molecule has 0 N–H and O–H groups in total. The van der Waals surface area contributed by atoms with Gasteiger partial charge in [0.25, 0.3) is 0 Å². The van der Waals surface area contributed by atoms with E-state index >= 15 is 0 Å². The van der Waals surface area contributed by atoms with Crippen molar-refractivity contribution in [2.24, 2.45) is 10.1 Å². The molecule has 2 heterocycles. The Labute approximate surface area is 146 Å². The molecule has 2 aromatic rings. The molecule has 4 rings (SSSR count). The third-order valence-corrected chi connectivity index (χ3v) is 5.02. The van der Waals surface area contributed by atoms with Crippen LogP contribution < -0.4 is 4.74 Å². The maximum absolute atomic E-state index is 5.83. The first-order valence-corrected chi connectivity index (χ1v) is 9.11. The first kappa shape index (κ1) is 15.3. The SMILES string of the molecule is Cc1cccc(OCCSC2=Nc3ccccc3[C@H]3CC=NN23)c1. The minimum absolute atomic E-state index is 0.291. The van der Waals surface area contributed by atoms with Crippen LogP contribution in [0.4, 0.5) is 5.69 Å². The van der Waals surface area contributed by atoms with Crippen LogP contribution in [-0.2, 0) is 0 Å². The molecular weight excluding hydrogens is 318 g/mol. The molecule has 2 aromatic carbocycles. The second-order valence-corrected chi connectivity index (χ2v) is 6.92. The van der Waals surface area contributed by atoms with Gasteiger partial charge in [0.1, 0.15) is 5.75 Å². The zero-order chi connectivity index (χ0) is 16.4. The lowest BCUT2D eigenvalue weighted by molar-refractivity contribution is 0.343. The minimum Gasteiger partial charge on any atom is -0.493 e. The molecule has 0 bridgehead atoms. The highest BCUT2D eigenvalue weighted by atomic mass is 32.2. The molecule has 0 saturated heterocycles. The van der Waals surface area contributed by atoms with Gasteiger partial charge in [-0.25, -0.2) is 10.0 Å². The summed E-state index contributed by atoms with van der Waals surface area (Å²) in [7, 11) is 0. The predicted octanol–water partition coefficient (Wildman–Crippen LogP) is 4.54. The lowest BCUT2D eigenvalue weighted by Gasteiger charge is -2.29. The molecule has 0 spiro atoms. The lowest BCUT2D eigenvalue weighted by atomic mass is 10.0. The van der Waals surface area contributed by atoms with Gasteiger partial charge in [0.05, 0.1) is 18.3 Å². The van der Waals surface area contributed by atoms with Gasteiger partial charge >= 0.3 is 0 Å². The average Bonchev–Trinajstić information content (AvgIpc) is 3.09. The van der Waals surface area contributed by atoms with Gasteiger partial charge in [0.15, 0.2) is 5.17 Å². The van der Waals surface area contributed by atoms with Crippen molar-refractivity contribution in [1.29, 1.82) is 0 Å². The van der Waals surface area contributed by atoms with Crippen LogP contribution in [-0.4, -0.2) is 28.8 Å². The smallest absolute Gasteiger partial charge is 0.185 e. The molecule has 24 heavy (non-hydrogen) atoms. The van der Waals surface area contributed by atoms with E-state index in [1.165, 1.54) is 11.1 Å². The van der Waals surface area contributed by atoms with Crippen molar-refractivity contribution in [3.05, 3.63) is 59.7 Å². The molecule has 0 saturated carbocycles. The quantitative estimate of drug-likeness (QED) is 0.769. The number of fused-ring (bicyclic) bond motifs is 3. The summed E-state index contributed by atoms with van der Waals surface area (Å²) in [6.45, 7) is 2.72. The van der Waals surface area contributed by atoms with E-state index in [1.807, 2.05) is 29.4 Å². The van der Waals surface area contributed by atoms with E-state index in [9.17, 15) is 0 Å². The standard InChI is InChI=1S/C19H19N3OS/c1-14-5-4-6-15(13-14)23-11-12-24-19-21-17-8-3-2-7-16(17)18-9-10-20-22(18)19/h2-8,10,13,18H,9,11-12H2,1H3/t18-/m1/s1. The van der Waals surface area contributed by atoms with Gasteiger partial charge in [0.2, 0.25) is 0 Å². The van der Waals surface area contributed by atoms with Crippen LogP contribution >= 0.6 is 11.8 Å². The van der Waals surface area contributed by atoms with Crippen LogP contribution in [0.3, 0.4) is 0 Å². The molecule has 0 aromatic heterocycles. The van der Waals surface area contributed by atoms with Crippen molar-refractivity contribution < 1.29 is 4.74 Å². The zero-order valence-electron chi connectivity index (χ0n) is 13.6. The number of ether oxygens (including phenoxy) is 1. The maximum atomic E-state index is 5.83. The number of benzene rings is 2. The Morgan fingerprint density at radius 1 is 1.21 bits per heavy atom. The first-order chi connectivity index (χ1) is 11.8. The van der Waals surface area contributed by atoms with Crippen molar-refractivity contribution in [3.63, 3.8) is 0 Å². The Balaban J connectivity index is 1.41. The Kier molecular flexibility index (Phi) is 4.26. The van der Waals surface area contributed by atoms with E-state index in [-0.39, 0.29) is 0 Å². The number of nitrogens with zero attached hydrogens (tertiary/aromatic N) is 3. The minimum atomic E-state index is 0.291. The fourth-order valence-electron chi connectivity index (χ4n) is 2.98. The van der Waals surface area contributed by atoms with Gasteiger partial charge in [-0.3, -0.25) is 0 Å². The molecule has 0 radical (unpaired) electrons. The number of aliphatic imine (C=N–C) groups is 1. The van der Waals surface area contributed by atoms with Crippen molar-refractivity contribution in [3.8, 4) is 5.75 Å². The van der Waals surface area contributed by atoms with Crippen molar-refractivity contribution in [2.45, 2.75) is 19.4 Å². The van der Waals surface area contributed by atoms with E-state index in [2.05, 4.69) is 42.4 Å². The monoisotopic (exact) mass is 337 g/mol.